The Kier molecular flexibility index (Phi) is 6.43. The first-order chi connectivity index (χ1) is 30.2. The van der Waals surface area contributed by atoms with Crippen LogP contribution in [0, 0.1) is 0 Å². The molecule has 0 saturated heterocycles. The molecule has 294 valence electrons. The third-order valence-electron chi connectivity index (χ3n) is 14.5. The lowest BCUT2D eigenvalue weighted by atomic mass is 9.44. The average Bonchev–Trinajstić information content (AvgIpc) is 4.01. The molecular weight excluding hydrogens is 755 g/mol. The van der Waals surface area contributed by atoms with E-state index in [1.807, 2.05) is 0 Å². The molecule has 0 spiro atoms. The molecule has 0 fully saturated rings. The van der Waals surface area contributed by atoms with E-state index in [1.165, 1.54) is 83.0 Å². The second kappa shape index (κ2) is 11.6. The largest absolute Gasteiger partial charge is 0.456 e. The van der Waals surface area contributed by atoms with E-state index in [4.69, 9.17) is 8.83 Å². The summed E-state index contributed by atoms with van der Waals surface area (Å²) in [5, 5.41) is 5.79. The van der Waals surface area contributed by atoms with Crippen molar-refractivity contribution in [3.63, 3.8) is 0 Å². The van der Waals surface area contributed by atoms with Gasteiger partial charge in [-0.15, -0.1) is 0 Å². The van der Waals surface area contributed by atoms with Gasteiger partial charge in [0.2, 0.25) is 0 Å². The average molecular weight is 797 g/mol. The highest BCUT2D eigenvalue weighted by Crippen LogP contribution is 2.58. The summed E-state index contributed by atoms with van der Waals surface area (Å²) in [4.78, 5) is 2.65. The molecule has 0 atom stereocenters. The van der Waals surface area contributed by atoms with Crippen molar-refractivity contribution in [2.75, 3.05) is 4.90 Å². The molecule has 3 aromatic heterocycles. The van der Waals surface area contributed by atoms with E-state index in [0.29, 0.717) is 0 Å². The Morgan fingerprint density at radius 2 is 1.19 bits per heavy atom. The maximum Gasteiger partial charge on any atom is 0.336 e. The molecule has 4 nitrogen and oxygen atoms in total. The van der Waals surface area contributed by atoms with Crippen molar-refractivity contribution in [1.82, 2.24) is 4.48 Å². The molecular formula is C57H41BN2O2. The van der Waals surface area contributed by atoms with Crippen LogP contribution >= 0.6 is 0 Å². The highest BCUT2D eigenvalue weighted by molar-refractivity contribution is 6.92. The second-order valence-electron chi connectivity index (χ2n) is 19.2. The van der Waals surface area contributed by atoms with Gasteiger partial charge in [0.1, 0.15) is 16.7 Å². The first-order valence-corrected chi connectivity index (χ1v) is 21.9. The van der Waals surface area contributed by atoms with E-state index in [9.17, 15) is 0 Å². The number of nitrogens with zero attached hydrogens (tertiary/aromatic N) is 2. The van der Waals surface area contributed by atoms with Gasteiger partial charge in [0.15, 0.2) is 5.71 Å². The van der Waals surface area contributed by atoms with Crippen LogP contribution in [0.5, 0.6) is 0 Å². The Bertz CT molecular complexity index is 3780. The number of rotatable bonds is 2. The van der Waals surface area contributed by atoms with Gasteiger partial charge in [-0.05, 0) is 97.7 Å². The quantitative estimate of drug-likeness (QED) is 0.163. The van der Waals surface area contributed by atoms with Crippen molar-refractivity contribution in [3.05, 3.63) is 174 Å². The van der Waals surface area contributed by atoms with Crippen LogP contribution in [0.2, 0.25) is 0 Å². The second-order valence-corrected chi connectivity index (χ2v) is 19.2. The lowest BCUT2D eigenvalue weighted by molar-refractivity contribution is 0.590. The van der Waals surface area contributed by atoms with Crippen molar-refractivity contribution in [3.8, 4) is 33.4 Å². The minimum atomic E-state index is -0.307. The number of para-hydroxylation sites is 3. The number of aromatic nitrogens is 1. The number of furan rings is 2. The molecule has 62 heavy (non-hydrogen) atoms. The maximum absolute atomic E-state index is 7.10. The van der Waals surface area contributed by atoms with Gasteiger partial charge in [0.05, 0.1) is 11.1 Å². The molecule has 2 aliphatic heterocycles. The Morgan fingerprint density at radius 3 is 2.00 bits per heavy atom. The number of anilines is 3. The van der Waals surface area contributed by atoms with Gasteiger partial charge in [-0.1, -0.05) is 150 Å². The molecule has 0 saturated carbocycles. The highest BCUT2D eigenvalue weighted by atomic mass is 16.3. The summed E-state index contributed by atoms with van der Waals surface area (Å²) >= 11 is 0. The van der Waals surface area contributed by atoms with E-state index < -0.39 is 0 Å². The van der Waals surface area contributed by atoms with Gasteiger partial charge < -0.3 is 18.2 Å². The van der Waals surface area contributed by atoms with Gasteiger partial charge >= 0.3 is 6.85 Å². The van der Waals surface area contributed by atoms with Crippen molar-refractivity contribution in [1.29, 1.82) is 0 Å². The first kappa shape index (κ1) is 34.5. The molecule has 0 unspecified atom stereocenters. The topological polar surface area (TPSA) is 34.5 Å². The highest BCUT2D eigenvalue weighted by Gasteiger charge is 2.50. The number of hydrogen-bond acceptors (Lipinski definition) is 3. The fourth-order valence-corrected chi connectivity index (χ4v) is 11.8. The summed E-state index contributed by atoms with van der Waals surface area (Å²) in [6.07, 6.45) is 0. The molecule has 5 heterocycles. The minimum Gasteiger partial charge on any atom is -0.456 e. The monoisotopic (exact) mass is 796 g/mol. The number of benzene rings is 8. The zero-order valence-electron chi connectivity index (χ0n) is 35.3. The van der Waals surface area contributed by atoms with Crippen molar-refractivity contribution < 1.29 is 8.83 Å². The van der Waals surface area contributed by atoms with Gasteiger partial charge in [-0.2, -0.15) is 0 Å². The molecule has 1 aliphatic carbocycles. The predicted octanol–water partition coefficient (Wildman–Crippen LogP) is 14.1. The third kappa shape index (κ3) is 4.19. The lowest BCUT2D eigenvalue weighted by Crippen LogP contribution is -2.57. The maximum atomic E-state index is 7.10. The van der Waals surface area contributed by atoms with Crippen molar-refractivity contribution in [2.24, 2.45) is 0 Å². The molecule has 0 radical (unpaired) electrons. The summed E-state index contributed by atoms with van der Waals surface area (Å²) in [6.45, 7) is 11.6. The summed E-state index contributed by atoms with van der Waals surface area (Å²) in [5.41, 5.74) is 22.1. The van der Waals surface area contributed by atoms with Gasteiger partial charge in [0.25, 0.3) is 0 Å². The van der Waals surface area contributed by atoms with E-state index in [2.05, 4.69) is 202 Å². The Hall–Kier alpha value is -7.24. The van der Waals surface area contributed by atoms with Crippen LogP contribution in [0.3, 0.4) is 0 Å². The first-order valence-electron chi connectivity index (χ1n) is 21.9. The van der Waals surface area contributed by atoms with Crippen LogP contribution in [0.25, 0.3) is 88.3 Å². The van der Waals surface area contributed by atoms with Crippen LogP contribution < -0.4 is 15.8 Å². The van der Waals surface area contributed by atoms with E-state index >= 15 is 0 Å². The standard InChI is InChI=1S/C57H41BN2O2/c1-56(2,3)33-26-27-43(39(30-33)32-16-7-6-8-17-32)59-44-28-29-47-49(37-20-11-13-24-45(37)61-47)52(44)58-51-41(31-40-34-18-9-12-23-42(34)57(4,5)50(40)54(51)59)35-21-15-22-38-48-36-19-10-14-25-46(36)62-55(48)60(58)53(35)38/h6-31H,1-5H3. The Labute approximate surface area is 359 Å². The minimum absolute atomic E-state index is 0.0485. The predicted molar refractivity (Wildman–Crippen MR) is 259 cm³/mol. The van der Waals surface area contributed by atoms with Crippen LogP contribution in [0.1, 0.15) is 51.3 Å². The molecule has 0 amide bonds. The number of hydrogen-bond donors (Lipinski definition) is 0. The van der Waals surface area contributed by atoms with Crippen LogP contribution in [-0.2, 0) is 10.8 Å². The molecule has 14 rings (SSSR count). The third-order valence-corrected chi connectivity index (χ3v) is 14.5. The van der Waals surface area contributed by atoms with Crippen molar-refractivity contribution >= 4 is 89.7 Å². The summed E-state index contributed by atoms with van der Waals surface area (Å²) in [5.74, 6) is 0. The van der Waals surface area contributed by atoms with Gasteiger partial charge in [-0.25, -0.2) is 0 Å². The van der Waals surface area contributed by atoms with E-state index in [-0.39, 0.29) is 17.7 Å². The zero-order valence-corrected chi connectivity index (χ0v) is 35.3. The Balaban J connectivity index is 1.23. The molecule has 11 aromatic rings. The summed E-state index contributed by atoms with van der Waals surface area (Å²) in [6, 6.07) is 58.3. The van der Waals surface area contributed by atoms with Gasteiger partial charge in [0, 0.05) is 55.0 Å². The molecule has 0 bridgehead atoms. The molecule has 0 N–H and O–H groups in total. The smallest absolute Gasteiger partial charge is 0.336 e. The summed E-state index contributed by atoms with van der Waals surface area (Å²) < 4.78 is 16.5. The van der Waals surface area contributed by atoms with E-state index in [1.54, 1.807) is 0 Å². The molecule has 8 aromatic carbocycles. The fraction of sp³-hybridized carbons (Fsp3) is 0.123. The zero-order chi connectivity index (χ0) is 41.4. The van der Waals surface area contributed by atoms with Crippen LogP contribution in [0.15, 0.2) is 167 Å². The SMILES string of the molecule is CC(C)(C)c1ccc(N2c3ccc4oc5ccccc5c4c3B3c4c(cc5c(c42)C(C)(C)c2ccccc2-5)-c2cccc4c5c6ccccc6oc5n3c24)c(-c2ccccc2)c1. The lowest BCUT2D eigenvalue weighted by Gasteiger charge is -2.44. The van der Waals surface area contributed by atoms with Gasteiger partial charge in [-0.3, -0.25) is 0 Å². The number of fused-ring (bicyclic) bond motifs is 17. The fourth-order valence-electron chi connectivity index (χ4n) is 11.8. The molecule has 3 aliphatic rings. The Morgan fingerprint density at radius 1 is 0.516 bits per heavy atom. The van der Waals surface area contributed by atoms with Crippen LogP contribution in [-0.4, -0.2) is 11.3 Å². The summed E-state index contributed by atoms with van der Waals surface area (Å²) in [7, 11) is 0. The normalized spacial score (nSPS) is 14.6. The van der Waals surface area contributed by atoms with Crippen LogP contribution in [0.4, 0.5) is 17.1 Å². The van der Waals surface area contributed by atoms with Crippen molar-refractivity contribution in [2.45, 2.75) is 45.4 Å². The molecule has 5 heteroatoms. The van der Waals surface area contributed by atoms with E-state index in [0.717, 1.165) is 50.0 Å².